The molecule has 1 aromatic rings. The molecule has 0 aliphatic heterocycles. The summed E-state index contributed by atoms with van der Waals surface area (Å²) < 4.78 is 27.1. The second-order valence-corrected chi connectivity index (χ2v) is 4.68. The highest BCUT2D eigenvalue weighted by Gasteiger charge is 2.40. The molecular weight excluding hydrogens is 268 g/mol. The lowest BCUT2D eigenvalue weighted by molar-refractivity contribution is 0.235. The van der Waals surface area contributed by atoms with Crippen LogP contribution in [0.1, 0.15) is 24.8 Å². The zero-order valence-corrected chi connectivity index (χ0v) is 9.44. The van der Waals surface area contributed by atoms with E-state index in [0.717, 1.165) is 12.5 Å². The summed E-state index contributed by atoms with van der Waals surface area (Å²) in [5.41, 5.74) is 4.82. The minimum atomic E-state index is -0.912. The maximum atomic E-state index is 13.7. The monoisotopic (exact) mass is 277 g/mol. The van der Waals surface area contributed by atoms with Gasteiger partial charge in [-0.3, -0.25) is 0 Å². The molecule has 0 unspecified atom stereocenters. The molecular formula is C10H10BrF2NO. The molecule has 1 aliphatic rings. The molecule has 0 saturated heterocycles. The van der Waals surface area contributed by atoms with Gasteiger partial charge >= 0.3 is 0 Å². The van der Waals surface area contributed by atoms with Gasteiger partial charge in [-0.25, -0.2) is 8.78 Å². The molecule has 2 rings (SSSR count). The van der Waals surface area contributed by atoms with Crippen LogP contribution in [0.15, 0.2) is 10.5 Å². The normalized spacial score (nSPS) is 18.7. The molecule has 0 heterocycles. The van der Waals surface area contributed by atoms with E-state index in [1.165, 1.54) is 0 Å². The number of phenols is 1. The standard InChI is InChI=1S/C10H10BrF2NO/c11-8-6(15)4-5(12)7(9(8)13)10(14)2-1-3-10/h4,15H,1-3,14H2. The molecule has 1 aromatic carbocycles. The Morgan fingerprint density at radius 2 is 2.00 bits per heavy atom. The molecule has 0 atom stereocenters. The molecule has 1 saturated carbocycles. The lowest BCUT2D eigenvalue weighted by Gasteiger charge is -2.39. The fourth-order valence-corrected chi connectivity index (χ4v) is 2.16. The largest absolute Gasteiger partial charge is 0.507 e. The van der Waals surface area contributed by atoms with E-state index in [1.54, 1.807) is 0 Å². The van der Waals surface area contributed by atoms with Crippen LogP contribution < -0.4 is 5.73 Å². The number of hydrogen-bond acceptors (Lipinski definition) is 2. The molecule has 1 aliphatic carbocycles. The fraction of sp³-hybridized carbons (Fsp3) is 0.400. The van der Waals surface area contributed by atoms with E-state index in [2.05, 4.69) is 15.9 Å². The summed E-state index contributed by atoms with van der Waals surface area (Å²) in [5, 5.41) is 9.19. The van der Waals surface area contributed by atoms with Gasteiger partial charge in [0.1, 0.15) is 17.4 Å². The summed E-state index contributed by atoms with van der Waals surface area (Å²) in [6.07, 6.45) is 2.00. The highest BCUT2D eigenvalue weighted by atomic mass is 79.9. The maximum Gasteiger partial charge on any atom is 0.149 e. The molecule has 82 valence electrons. The Morgan fingerprint density at radius 1 is 1.40 bits per heavy atom. The molecule has 0 aromatic heterocycles. The van der Waals surface area contributed by atoms with Gasteiger partial charge in [-0.05, 0) is 35.2 Å². The fourth-order valence-electron chi connectivity index (χ4n) is 1.85. The Labute approximate surface area is 94.2 Å². The van der Waals surface area contributed by atoms with Gasteiger partial charge in [-0.15, -0.1) is 0 Å². The molecule has 0 amide bonds. The quantitative estimate of drug-likeness (QED) is 0.776. The summed E-state index contributed by atoms with van der Waals surface area (Å²) >= 11 is 2.86. The number of benzene rings is 1. The average molecular weight is 278 g/mol. The van der Waals surface area contributed by atoms with Gasteiger partial charge in [0.15, 0.2) is 0 Å². The average Bonchev–Trinajstić information content (AvgIpc) is 2.11. The van der Waals surface area contributed by atoms with Gasteiger partial charge < -0.3 is 10.8 Å². The van der Waals surface area contributed by atoms with Gasteiger partial charge in [0.2, 0.25) is 0 Å². The molecule has 0 bridgehead atoms. The maximum absolute atomic E-state index is 13.7. The van der Waals surface area contributed by atoms with Crippen LogP contribution in [0.4, 0.5) is 8.78 Å². The minimum absolute atomic E-state index is 0.126. The first-order valence-electron chi connectivity index (χ1n) is 4.61. The molecule has 0 spiro atoms. The first kappa shape index (κ1) is 10.8. The molecule has 1 fully saturated rings. The van der Waals surface area contributed by atoms with Crippen molar-refractivity contribution in [3.63, 3.8) is 0 Å². The summed E-state index contributed by atoms with van der Waals surface area (Å²) in [4.78, 5) is 0. The van der Waals surface area contributed by atoms with E-state index < -0.39 is 22.9 Å². The number of nitrogens with two attached hydrogens (primary N) is 1. The van der Waals surface area contributed by atoms with E-state index >= 15 is 0 Å². The minimum Gasteiger partial charge on any atom is -0.507 e. The predicted octanol–water partition coefficient (Wildman–Crippen LogP) is 2.77. The first-order chi connectivity index (χ1) is 6.96. The summed E-state index contributed by atoms with van der Waals surface area (Å²) in [5.74, 6) is -2.03. The van der Waals surface area contributed by atoms with E-state index in [0.29, 0.717) is 12.8 Å². The SMILES string of the molecule is NC1(c2c(F)cc(O)c(Br)c2F)CCC1. The van der Waals surface area contributed by atoms with Gasteiger partial charge in [-0.1, -0.05) is 0 Å². The van der Waals surface area contributed by atoms with Gasteiger partial charge in [0.25, 0.3) is 0 Å². The zero-order valence-electron chi connectivity index (χ0n) is 7.86. The molecule has 15 heavy (non-hydrogen) atoms. The lowest BCUT2D eigenvalue weighted by Crippen LogP contribution is -2.44. The second kappa shape index (κ2) is 3.42. The highest BCUT2D eigenvalue weighted by Crippen LogP contribution is 2.44. The number of rotatable bonds is 1. The Morgan fingerprint density at radius 3 is 2.47 bits per heavy atom. The Hall–Kier alpha value is -0.680. The zero-order chi connectivity index (χ0) is 11.2. The highest BCUT2D eigenvalue weighted by molar-refractivity contribution is 9.10. The molecule has 0 radical (unpaired) electrons. The smallest absolute Gasteiger partial charge is 0.149 e. The van der Waals surface area contributed by atoms with Crippen LogP contribution in [0.25, 0.3) is 0 Å². The van der Waals surface area contributed by atoms with Crippen LogP contribution in [0.5, 0.6) is 5.75 Å². The third kappa shape index (κ3) is 1.54. The summed E-state index contributed by atoms with van der Waals surface area (Å²) in [7, 11) is 0. The van der Waals surface area contributed by atoms with Crippen molar-refractivity contribution in [2.75, 3.05) is 0 Å². The van der Waals surface area contributed by atoms with Crippen molar-refractivity contribution < 1.29 is 13.9 Å². The van der Waals surface area contributed by atoms with Crippen molar-refractivity contribution in [2.24, 2.45) is 5.73 Å². The number of phenolic OH excluding ortho intramolecular Hbond substituents is 1. The molecule has 3 N–H and O–H groups in total. The van der Waals surface area contributed by atoms with Crippen molar-refractivity contribution >= 4 is 15.9 Å². The van der Waals surface area contributed by atoms with Crippen LogP contribution in [0, 0.1) is 11.6 Å². The number of aromatic hydroxyl groups is 1. The van der Waals surface area contributed by atoms with Crippen molar-refractivity contribution in [3.05, 3.63) is 27.7 Å². The Bertz CT molecular complexity index is 418. The van der Waals surface area contributed by atoms with Crippen LogP contribution >= 0.6 is 15.9 Å². The van der Waals surface area contributed by atoms with Crippen molar-refractivity contribution in [3.8, 4) is 5.75 Å². The third-order valence-electron chi connectivity index (χ3n) is 2.88. The first-order valence-corrected chi connectivity index (χ1v) is 5.41. The summed E-state index contributed by atoms with van der Waals surface area (Å²) in [6.45, 7) is 0. The van der Waals surface area contributed by atoms with Crippen molar-refractivity contribution in [2.45, 2.75) is 24.8 Å². The van der Waals surface area contributed by atoms with E-state index in [1.807, 2.05) is 0 Å². The van der Waals surface area contributed by atoms with Gasteiger partial charge in [0.05, 0.1) is 4.47 Å². The third-order valence-corrected chi connectivity index (χ3v) is 3.64. The van der Waals surface area contributed by atoms with E-state index in [4.69, 9.17) is 5.73 Å². The molecule has 2 nitrogen and oxygen atoms in total. The van der Waals surface area contributed by atoms with Crippen LogP contribution in [-0.4, -0.2) is 5.11 Å². The lowest BCUT2D eigenvalue weighted by atomic mass is 9.72. The van der Waals surface area contributed by atoms with Gasteiger partial charge in [0, 0.05) is 17.2 Å². The Kier molecular flexibility index (Phi) is 2.47. The van der Waals surface area contributed by atoms with Crippen molar-refractivity contribution in [1.29, 1.82) is 0 Å². The van der Waals surface area contributed by atoms with E-state index in [-0.39, 0.29) is 10.0 Å². The summed E-state index contributed by atoms with van der Waals surface area (Å²) in [6, 6.07) is 0.884. The Balaban J connectivity index is 2.61. The van der Waals surface area contributed by atoms with Crippen LogP contribution in [0.2, 0.25) is 0 Å². The van der Waals surface area contributed by atoms with Crippen LogP contribution in [0.3, 0.4) is 0 Å². The number of hydrogen-bond donors (Lipinski definition) is 2. The van der Waals surface area contributed by atoms with Crippen molar-refractivity contribution in [1.82, 2.24) is 0 Å². The number of halogens is 3. The second-order valence-electron chi connectivity index (χ2n) is 3.89. The van der Waals surface area contributed by atoms with E-state index in [9.17, 15) is 13.9 Å². The van der Waals surface area contributed by atoms with Gasteiger partial charge in [-0.2, -0.15) is 0 Å². The topological polar surface area (TPSA) is 46.2 Å². The van der Waals surface area contributed by atoms with Crippen LogP contribution in [-0.2, 0) is 5.54 Å². The predicted molar refractivity (Wildman–Crippen MR) is 55.4 cm³/mol. The molecule has 5 heteroatoms.